The van der Waals surface area contributed by atoms with Crippen molar-refractivity contribution in [1.82, 2.24) is 20.1 Å². The van der Waals surface area contributed by atoms with Gasteiger partial charge in [0.15, 0.2) is 5.82 Å². The van der Waals surface area contributed by atoms with Gasteiger partial charge in [0.2, 0.25) is 11.8 Å². The van der Waals surface area contributed by atoms with Crippen LogP contribution in [-0.2, 0) is 6.42 Å². The number of anilines is 1. The van der Waals surface area contributed by atoms with E-state index in [0.29, 0.717) is 18.2 Å². The Morgan fingerprint density at radius 3 is 2.52 bits per heavy atom. The van der Waals surface area contributed by atoms with Crippen molar-refractivity contribution < 1.29 is 4.52 Å². The molecule has 6 heteroatoms. The van der Waals surface area contributed by atoms with Gasteiger partial charge >= 0.3 is 0 Å². The van der Waals surface area contributed by atoms with Crippen molar-refractivity contribution in [2.75, 3.05) is 18.5 Å². The predicted molar refractivity (Wildman–Crippen MR) is 81.5 cm³/mol. The first kappa shape index (κ1) is 15.4. The molecule has 0 aliphatic rings. The molecule has 0 unspecified atom stereocenters. The molecule has 0 atom stereocenters. The summed E-state index contributed by atoms with van der Waals surface area (Å²) in [6, 6.07) is 1.95. The summed E-state index contributed by atoms with van der Waals surface area (Å²) in [6.45, 7) is 9.07. The van der Waals surface area contributed by atoms with Crippen molar-refractivity contribution in [3.63, 3.8) is 0 Å². The average Bonchev–Trinajstić information content (AvgIpc) is 2.94. The molecule has 0 radical (unpaired) electrons. The van der Waals surface area contributed by atoms with Gasteiger partial charge in [0.25, 0.3) is 0 Å². The Balaban J connectivity index is 1.97. The molecule has 0 saturated carbocycles. The Kier molecular flexibility index (Phi) is 4.88. The fourth-order valence-electron chi connectivity index (χ4n) is 1.84. The van der Waals surface area contributed by atoms with Gasteiger partial charge in [-0.05, 0) is 12.0 Å². The van der Waals surface area contributed by atoms with Crippen molar-refractivity contribution in [3.05, 3.63) is 29.7 Å². The van der Waals surface area contributed by atoms with Crippen LogP contribution in [0.2, 0.25) is 0 Å². The molecular weight excluding hydrogens is 266 g/mol. The topological polar surface area (TPSA) is 67.9 Å². The third kappa shape index (κ3) is 4.00. The molecule has 0 aromatic carbocycles. The first-order valence-electron chi connectivity index (χ1n) is 7.34. The van der Waals surface area contributed by atoms with Crippen molar-refractivity contribution in [3.8, 4) is 0 Å². The number of aromatic nitrogens is 4. The van der Waals surface area contributed by atoms with Gasteiger partial charge in [-0.1, -0.05) is 32.9 Å². The molecule has 21 heavy (non-hydrogen) atoms. The van der Waals surface area contributed by atoms with Crippen LogP contribution in [0.3, 0.4) is 0 Å². The van der Waals surface area contributed by atoms with Crippen molar-refractivity contribution in [1.29, 1.82) is 0 Å². The van der Waals surface area contributed by atoms with E-state index < -0.39 is 0 Å². The summed E-state index contributed by atoms with van der Waals surface area (Å²) >= 11 is 0. The van der Waals surface area contributed by atoms with E-state index in [-0.39, 0.29) is 5.92 Å². The molecule has 0 bridgehead atoms. The zero-order valence-electron chi connectivity index (χ0n) is 13.4. The van der Waals surface area contributed by atoms with Crippen LogP contribution in [-0.4, -0.2) is 33.7 Å². The quantitative estimate of drug-likeness (QED) is 0.814. The van der Waals surface area contributed by atoms with Gasteiger partial charge in [0, 0.05) is 37.8 Å². The van der Waals surface area contributed by atoms with Crippen LogP contribution in [0, 0.1) is 0 Å². The minimum absolute atomic E-state index is 0.259. The van der Waals surface area contributed by atoms with Crippen LogP contribution in [0.25, 0.3) is 0 Å². The first-order chi connectivity index (χ1) is 9.97. The van der Waals surface area contributed by atoms with E-state index in [2.05, 4.69) is 34.0 Å². The summed E-state index contributed by atoms with van der Waals surface area (Å²) in [5, 5.41) is 4.00. The zero-order valence-corrected chi connectivity index (χ0v) is 13.4. The van der Waals surface area contributed by atoms with Gasteiger partial charge in [-0.3, -0.25) is 0 Å². The third-order valence-electron chi connectivity index (χ3n) is 3.25. The monoisotopic (exact) mass is 289 g/mol. The van der Waals surface area contributed by atoms with Crippen molar-refractivity contribution in [2.45, 2.75) is 46.0 Å². The van der Waals surface area contributed by atoms with Crippen LogP contribution in [0.5, 0.6) is 0 Å². The summed E-state index contributed by atoms with van der Waals surface area (Å²) in [6.07, 6.45) is 2.52. The van der Waals surface area contributed by atoms with Crippen LogP contribution in [0.4, 0.5) is 5.95 Å². The van der Waals surface area contributed by atoms with E-state index in [1.165, 1.54) is 0 Å². The maximum atomic E-state index is 5.20. The normalized spacial score (nSPS) is 11.4. The molecule has 2 heterocycles. The van der Waals surface area contributed by atoms with E-state index in [1.807, 2.05) is 31.9 Å². The van der Waals surface area contributed by atoms with E-state index in [4.69, 9.17) is 4.52 Å². The molecule has 0 amide bonds. The number of nitrogens with zero attached hydrogens (tertiary/aromatic N) is 5. The van der Waals surface area contributed by atoms with Crippen LogP contribution < -0.4 is 4.90 Å². The number of likely N-dealkylation sites (N-methyl/N-ethyl adjacent to an activating group) is 1. The molecule has 0 fully saturated rings. The second kappa shape index (κ2) is 6.65. The lowest BCUT2D eigenvalue weighted by Gasteiger charge is -2.17. The summed E-state index contributed by atoms with van der Waals surface area (Å²) in [5.74, 6) is 2.80. The minimum atomic E-state index is 0.259. The lowest BCUT2D eigenvalue weighted by Crippen LogP contribution is -2.23. The molecular formula is C15H23N5O. The lowest BCUT2D eigenvalue weighted by atomic mass is 10.1. The fourth-order valence-corrected chi connectivity index (χ4v) is 1.84. The van der Waals surface area contributed by atoms with E-state index in [0.717, 1.165) is 24.0 Å². The second-order valence-corrected chi connectivity index (χ2v) is 5.81. The van der Waals surface area contributed by atoms with Gasteiger partial charge in [-0.25, -0.2) is 9.97 Å². The molecule has 0 aliphatic carbocycles. The van der Waals surface area contributed by atoms with Gasteiger partial charge < -0.3 is 9.42 Å². The maximum Gasteiger partial charge on any atom is 0.229 e. The summed E-state index contributed by atoms with van der Waals surface area (Å²) in [7, 11) is 1.98. The Morgan fingerprint density at radius 1 is 1.14 bits per heavy atom. The fraction of sp³-hybridized carbons (Fsp3) is 0.600. The smallest absolute Gasteiger partial charge is 0.229 e. The SMILES string of the molecule is CC(C)c1ccnc(N(C)CCc2noc(C(C)C)n2)n1. The maximum absolute atomic E-state index is 5.20. The number of hydrogen-bond donors (Lipinski definition) is 0. The third-order valence-corrected chi connectivity index (χ3v) is 3.25. The summed E-state index contributed by atoms with van der Waals surface area (Å²) < 4.78 is 5.20. The van der Waals surface area contributed by atoms with E-state index in [9.17, 15) is 0 Å². The Morgan fingerprint density at radius 2 is 1.90 bits per heavy atom. The number of rotatable bonds is 6. The highest BCUT2D eigenvalue weighted by Gasteiger charge is 2.12. The molecule has 114 valence electrons. The lowest BCUT2D eigenvalue weighted by molar-refractivity contribution is 0.360. The number of hydrogen-bond acceptors (Lipinski definition) is 6. The molecule has 2 aromatic heterocycles. The Bertz CT molecular complexity index is 579. The molecule has 0 saturated heterocycles. The average molecular weight is 289 g/mol. The van der Waals surface area contributed by atoms with E-state index >= 15 is 0 Å². The highest BCUT2D eigenvalue weighted by Crippen LogP contribution is 2.14. The molecule has 0 spiro atoms. The molecule has 2 aromatic rings. The molecule has 0 aliphatic heterocycles. The van der Waals surface area contributed by atoms with Gasteiger partial charge in [0.1, 0.15) is 0 Å². The van der Waals surface area contributed by atoms with Crippen LogP contribution >= 0.6 is 0 Å². The van der Waals surface area contributed by atoms with Gasteiger partial charge in [-0.15, -0.1) is 0 Å². The highest BCUT2D eigenvalue weighted by molar-refractivity contribution is 5.29. The van der Waals surface area contributed by atoms with Crippen LogP contribution in [0.1, 0.15) is 56.9 Å². The standard InChI is InChI=1S/C15H23N5O/c1-10(2)12-6-8-16-15(17-12)20(5)9-7-13-18-14(11(3)4)21-19-13/h6,8,10-11H,7,9H2,1-5H3. The molecule has 0 N–H and O–H groups in total. The van der Waals surface area contributed by atoms with Gasteiger partial charge in [-0.2, -0.15) is 4.98 Å². The highest BCUT2D eigenvalue weighted by atomic mass is 16.5. The van der Waals surface area contributed by atoms with Crippen molar-refractivity contribution >= 4 is 5.95 Å². The molecule has 2 rings (SSSR count). The zero-order chi connectivity index (χ0) is 15.4. The Hall–Kier alpha value is -1.98. The summed E-state index contributed by atoms with van der Waals surface area (Å²) in [5.41, 5.74) is 1.05. The largest absolute Gasteiger partial charge is 0.343 e. The first-order valence-corrected chi connectivity index (χ1v) is 7.34. The van der Waals surface area contributed by atoms with Crippen molar-refractivity contribution in [2.24, 2.45) is 0 Å². The molecule has 6 nitrogen and oxygen atoms in total. The van der Waals surface area contributed by atoms with E-state index in [1.54, 1.807) is 6.20 Å². The minimum Gasteiger partial charge on any atom is -0.343 e. The Labute approximate surface area is 125 Å². The summed E-state index contributed by atoms with van der Waals surface area (Å²) in [4.78, 5) is 15.3. The second-order valence-electron chi connectivity index (χ2n) is 5.81. The predicted octanol–water partition coefficient (Wildman–Crippen LogP) is 2.79. The van der Waals surface area contributed by atoms with Gasteiger partial charge in [0.05, 0.1) is 0 Å². The van der Waals surface area contributed by atoms with Crippen LogP contribution in [0.15, 0.2) is 16.8 Å².